The van der Waals surface area contributed by atoms with Gasteiger partial charge in [-0.05, 0) is 45.4 Å². The highest BCUT2D eigenvalue weighted by Gasteiger charge is 2.19. The molecule has 5 nitrogen and oxygen atoms in total. The minimum Gasteiger partial charge on any atom is -0.465 e. The SMILES string of the molecule is CCOC(=O)CN(CC(=O)NC(C)c1ccc(F)cc1)C(C)C. The first-order valence-electron chi connectivity index (χ1n) is 7.78. The fourth-order valence-electron chi connectivity index (χ4n) is 2.10. The Hall–Kier alpha value is -1.95. The lowest BCUT2D eigenvalue weighted by Gasteiger charge is -2.25. The second kappa shape index (κ2) is 9.25. The molecule has 1 rings (SSSR count). The van der Waals surface area contributed by atoms with Gasteiger partial charge < -0.3 is 10.1 Å². The molecule has 0 spiro atoms. The van der Waals surface area contributed by atoms with Gasteiger partial charge in [-0.25, -0.2) is 4.39 Å². The van der Waals surface area contributed by atoms with Gasteiger partial charge in [-0.15, -0.1) is 0 Å². The van der Waals surface area contributed by atoms with Crippen molar-refractivity contribution in [1.82, 2.24) is 10.2 Å². The molecule has 0 aliphatic rings. The number of hydrogen-bond acceptors (Lipinski definition) is 4. The van der Waals surface area contributed by atoms with Crippen molar-refractivity contribution in [2.24, 2.45) is 0 Å². The maximum absolute atomic E-state index is 12.9. The van der Waals surface area contributed by atoms with Gasteiger partial charge in [-0.1, -0.05) is 12.1 Å². The van der Waals surface area contributed by atoms with Crippen molar-refractivity contribution in [3.8, 4) is 0 Å². The van der Waals surface area contributed by atoms with Crippen LogP contribution in [0.1, 0.15) is 39.3 Å². The minimum atomic E-state index is -0.347. The zero-order valence-corrected chi connectivity index (χ0v) is 14.1. The third-order valence-electron chi connectivity index (χ3n) is 3.46. The Labute approximate surface area is 136 Å². The molecule has 23 heavy (non-hydrogen) atoms. The Kier molecular flexibility index (Phi) is 7.68. The van der Waals surface area contributed by atoms with Crippen LogP contribution in [0.15, 0.2) is 24.3 Å². The van der Waals surface area contributed by atoms with Crippen molar-refractivity contribution < 1.29 is 18.7 Å². The van der Waals surface area contributed by atoms with Crippen LogP contribution in [0.5, 0.6) is 0 Å². The molecule has 1 N–H and O–H groups in total. The third kappa shape index (κ3) is 6.78. The van der Waals surface area contributed by atoms with Gasteiger partial charge >= 0.3 is 5.97 Å². The van der Waals surface area contributed by atoms with E-state index >= 15 is 0 Å². The number of halogens is 1. The molecule has 0 bridgehead atoms. The standard InChI is InChI=1S/C17H25FN2O3/c1-5-23-17(22)11-20(12(2)3)10-16(21)19-13(4)14-6-8-15(18)9-7-14/h6-9,12-13H,5,10-11H2,1-4H3,(H,19,21). The second-order valence-corrected chi connectivity index (χ2v) is 5.64. The van der Waals surface area contributed by atoms with Gasteiger partial charge in [0.05, 0.1) is 25.7 Å². The van der Waals surface area contributed by atoms with Crippen LogP contribution in [-0.2, 0) is 14.3 Å². The fourth-order valence-corrected chi connectivity index (χ4v) is 2.10. The van der Waals surface area contributed by atoms with Crippen molar-refractivity contribution in [2.75, 3.05) is 19.7 Å². The topological polar surface area (TPSA) is 58.6 Å². The average Bonchev–Trinajstić information content (AvgIpc) is 2.47. The summed E-state index contributed by atoms with van der Waals surface area (Å²) in [6.45, 7) is 7.89. The van der Waals surface area contributed by atoms with Crippen molar-refractivity contribution in [1.29, 1.82) is 0 Å². The summed E-state index contributed by atoms with van der Waals surface area (Å²) in [5.74, 6) is -0.854. The van der Waals surface area contributed by atoms with E-state index in [1.54, 1.807) is 24.0 Å². The molecular weight excluding hydrogens is 299 g/mol. The van der Waals surface area contributed by atoms with Crippen LogP contribution in [0.25, 0.3) is 0 Å². The van der Waals surface area contributed by atoms with E-state index in [2.05, 4.69) is 5.32 Å². The first-order valence-corrected chi connectivity index (χ1v) is 7.78. The highest BCUT2D eigenvalue weighted by Crippen LogP contribution is 2.12. The smallest absolute Gasteiger partial charge is 0.320 e. The fraction of sp³-hybridized carbons (Fsp3) is 0.529. The summed E-state index contributed by atoms with van der Waals surface area (Å²) < 4.78 is 17.8. The van der Waals surface area contributed by atoms with Crippen molar-refractivity contribution in [3.05, 3.63) is 35.6 Å². The Morgan fingerprint density at radius 1 is 1.17 bits per heavy atom. The number of carbonyl (C=O) groups is 2. The van der Waals surface area contributed by atoms with Gasteiger partial charge in [0.25, 0.3) is 0 Å². The minimum absolute atomic E-state index is 0.0336. The molecule has 0 heterocycles. The zero-order valence-electron chi connectivity index (χ0n) is 14.1. The van der Waals surface area contributed by atoms with Crippen LogP contribution < -0.4 is 5.32 Å². The summed E-state index contributed by atoms with van der Waals surface area (Å²) in [5, 5.41) is 2.85. The summed E-state index contributed by atoms with van der Waals surface area (Å²) >= 11 is 0. The van der Waals surface area contributed by atoms with Crippen molar-refractivity contribution >= 4 is 11.9 Å². The summed E-state index contributed by atoms with van der Waals surface area (Å²) in [6.07, 6.45) is 0. The van der Waals surface area contributed by atoms with Gasteiger partial charge in [0.15, 0.2) is 0 Å². The lowest BCUT2D eigenvalue weighted by molar-refractivity contribution is -0.145. The molecule has 128 valence electrons. The molecule has 0 aliphatic carbocycles. The zero-order chi connectivity index (χ0) is 17.4. The molecule has 1 aromatic carbocycles. The Bertz CT molecular complexity index is 517. The first-order chi connectivity index (χ1) is 10.8. The summed E-state index contributed by atoms with van der Waals surface area (Å²) in [6, 6.07) is 5.79. The van der Waals surface area contributed by atoms with Crippen LogP contribution in [0.4, 0.5) is 4.39 Å². The third-order valence-corrected chi connectivity index (χ3v) is 3.46. The molecule has 0 aliphatic heterocycles. The average molecular weight is 324 g/mol. The molecule has 1 atom stereocenters. The summed E-state index contributed by atoms with van der Waals surface area (Å²) in [4.78, 5) is 25.5. The molecule has 6 heteroatoms. The van der Waals surface area contributed by atoms with Crippen molar-refractivity contribution in [3.63, 3.8) is 0 Å². The molecule has 0 radical (unpaired) electrons. The molecular formula is C17H25FN2O3. The number of carbonyl (C=O) groups excluding carboxylic acids is 2. The van der Waals surface area contributed by atoms with Crippen LogP contribution in [0.3, 0.4) is 0 Å². The number of esters is 1. The molecule has 1 aromatic rings. The number of rotatable bonds is 8. The molecule has 1 unspecified atom stereocenters. The largest absolute Gasteiger partial charge is 0.465 e. The van der Waals surface area contributed by atoms with Crippen molar-refractivity contribution in [2.45, 2.75) is 39.8 Å². The number of amides is 1. The number of ether oxygens (including phenoxy) is 1. The van der Waals surface area contributed by atoms with Gasteiger partial charge in [0, 0.05) is 6.04 Å². The predicted octanol–water partition coefficient (Wildman–Crippen LogP) is 2.28. The van der Waals surface area contributed by atoms with Crippen LogP contribution >= 0.6 is 0 Å². The van der Waals surface area contributed by atoms with E-state index in [1.165, 1.54) is 12.1 Å². The van der Waals surface area contributed by atoms with Gasteiger partial charge in [-0.2, -0.15) is 0 Å². The normalized spacial score (nSPS) is 12.3. The molecule has 0 saturated heterocycles. The highest BCUT2D eigenvalue weighted by molar-refractivity contribution is 5.79. The van der Waals surface area contributed by atoms with Gasteiger partial charge in [0.1, 0.15) is 5.82 Å². The molecule has 0 saturated carbocycles. The molecule has 0 fully saturated rings. The van der Waals surface area contributed by atoms with E-state index in [1.807, 2.05) is 20.8 Å². The lowest BCUT2D eigenvalue weighted by Crippen LogP contribution is -2.44. The van der Waals surface area contributed by atoms with Gasteiger partial charge in [-0.3, -0.25) is 14.5 Å². The quantitative estimate of drug-likeness (QED) is 0.745. The van der Waals surface area contributed by atoms with Crippen LogP contribution in [0.2, 0.25) is 0 Å². The molecule has 1 amide bonds. The van der Waals surface area contributed by atoms with Gasteiger partial charge in [0.2, 0.25) is 5.91 Å². The van der Waals surface area contributed by atoms with E-state index in [9.17, 15) is 14.0 Å². The maximum Gasteiger partial charge on any atom is 0.320 e. The van der Waals surface area contributed by atoms with E-state index in [-0.39, 0.29) is 42.9 Å². The van der Waals surface area contributed by atoms with E-state index in [0.29, 0.717) is 6.61 Å². The monoisotopic (exact) mass is 324 g/mol. The van der Waals surface area contributed by atoms with Crippen LogP contribution in [-0.4, -0.2) is 42.5 Å². The van der Waals surface area contributed by atoms with Crippen LogP contribution in [0, 0.1) is 5.82 Å². The Balaban J connectivity index is 2.57. The van der Waals surface area contributed by atoms with E-state index < -0.39 is 0 Å². The maximum atomic E-state index is 12.9. The van der Waals surface area contributed by atoms with E-state index in [0.717, 1.165) is 5.56 Å². The summed E-state index contributed by atoms with van der Waals surface area (Å²) in [5.41, 5.74) is 0.821. The highest BCUT2D eigenvalue weighted by atomic mass is 19.1. The number of hydrogen-bond donors (Lipinski definition) is 1. The predicted molar refractivity (Wildman–Crippen MR) is 86.3 cm³/mol. The second-order valence-electron chi connectivity index (χ2n) is 5.64. The number of nitrogens with one attached hydrogen (secondary N) is 1. The summed E-state index contributed by atoms with van der Waals surface area (Å²) in [7, 11) is 0. The number of nitrogens with zero attached hydrogens (tertiary/aromatic N) is 1. The Morgan fingerprint density at radius 3 is 2.30 bits per heavy atom. The first kappa shape index (κ1) is 19.1. The molecule has 0 aromatic heterocycles. The number of benzene rings is 1. The van der Waals surface area contributed by atoms with E-state index in [4.69, 9.17) is 4.74 Å². The Morgan fingerprint density at radius 2 is 1.78 bits per heavy atom. The lowest BCUT2D eigenvalue weighted by atomic mass is 10.1.